The summed E-state index contributed by atoms with van der Waals surface area (Å²) in [5.41, 5.74) is 0.0457. The van der Waals surface area contributed by atoms with E-state index in [2.05, 4.69) is 26.6 Å². The molecule has 2 rings (SSSR count). The molecule has 10 nitrogen and oxygen atoms in total. The van der Waals surface area contributed by atoms with Gasteiger partial charge >= 0.3 is 11.7 Å². The molecule has 2 aromatic carbocycles. The van der Waals surface area contributed by atoms with Gasteiger partial charge in [-0.25, -0.2) is 4.79 Å². The highest BCUT2D eigenvalue weighted by molar-refractivity contribution is 9.10. The Bertz CT molecular complexity index is 965. The van der Waals surface area contributed by atoms with Gasteiger partial charge in [0.05, 0.1) is 29.3 Å². The standard InChI is InChI=1S/C19H18BrN3O7/c1-2-29-16-8-7-12(9-15(16)23(27)28)19(26)30-11-18(25)21-10-17(24)22-14-6-4-3-5-13(14)20/h3-9H,2,10-11H2,1H3,(H,21,25)(H,22,24). The molecule has 0 saturated heterocycles. The highest BCUT2D eigenvalue weighted by atomic mass is 79.9. The maximum absolute atomic E-state index is 12.1. The Morgan fingerprint density at radius 1 is 1.13 bits per heavy atom. The predicted octanol–water partition coefficient (Wildman–Crippen LogP) is 2.67. The lowest BCUT2D eigenvalue weighted by Gasteiger charge is -2.09. The molecule has 0 aliphatic heterocycles. The van der Waals surface area contributed by atoms with Crippen LogP contribution in [0.4, 0.5) is 11.4 Å². The number of nitrogens with one attached hydrogen (secondary N) is 2. The molecule has 0 atom stereocenters. The average molecular weight is 480 g/mol. The van der Waals surface area contributed by atoms with Gasteiger partial charge in [0.15, 0.2) is 12.4 Å². The highest BCUT2D eigenvalue weighted by Crippen LogP contribution is 2.28. The summed E-state index contributed by atoms with van der Waals surface area (Å²) >= 11 is 3.29. The first-order valence-corrected chi connectivity index (χ1v) is 9.50. The van der Waals surface area contributed by atoms with Gasteiger partial charge in [-0.3, -0.25) is 19.7 Å². The Hall–Kier alpha value is -3.47. The number of para-hydroxylation sites is 1. The maximum atomic E-state index is 12.1. The molecule has 0 bridgehead atoms. The van der Waals surface area contributed by atoms with Gasteiger partial charge in [0.2, 0.25) is 5.91 Å². The number of hydrogen-bond acceptors (Lipinski definition) is 7. The lowest BCUT2D eigenvalue weighted by Crippen LogP contribution is -2.35. The molecular weight excluding hydrogens is 462 g/mol. The van der Waals surface area contributed by atoms with Gasteiger partial charge < -0.3 is 20.1 Å². The molecule has 0 aromatic heterocycles. The Morgan fingerprint density at radius 2 is 1.87 bits per heavy atom. The van der Waals surface area contributed by atoms with Crippen molar-refractivity contribution in [3.05, 3.63) is 62.6 Å². The summed E-state index contributed by atoms with van der Waals surface area (Å²) in [5, 5.41) is 16.0. The topological polar surface area (TPSA) is 137 Å². The lowest BCUT2D eigenvalue weighted by atomic mass is 10.2. The van der Waals surface area contributed by atoms with Crippen molar-refractivity contribution >= 4 is 45.1 Å². The van der Waals surface area contributed by atoms with Gasteiger partial charge in [0, 0.05) is 10.5 Å². The van der Waals surface area contributed by atoms with Crippen LogP contribution >= 0.6 is 15.9 Å². The second-order valence-electron chi connectivity index (χ2n) is 5.75. The van der Waals surface area contributed by atoms with Crippen LogP contribution in [0.3, 0.4) is 0 Å². The molecule has 2 N–H and O–H groups in total. The van der Waals surface area contributed by atoms with Gasteiger partial charge in [0.25, 0.3) is 5.91 Å². The van der Waals surface area contributed by atoms with E-state index in [1.54, 1.807) is 31.2 Å². The van der Waals surface area contributed by atoms with E-state index < -0.39 is 29.3 Å². The van der Waals surface area contributed by atoms with Crippen molar-refractivity contribution < 1.29 is 28.8 Å². The Balaban J connectivity index is 1.85. The second kappa shape index (κ2) is 10.9. The Kier molecular flexibility index (Phi) is 8.29. The van der Waals surface area contributed by atoms with Gasteiger partial charge in [0.1, 0.15) is 0 Å². The van der Waals surface area contributed by atoms with Crippen LogP contribution in [0.2, 0.25) is 0 Å². The van der Waals surface area contributed by atoms with Gasteiger partial charge in [-0.2, -0.15) is 0 Å². The fourth-order valence-corrected chi connectivity index (χ4v) is 2.65. The Labute approximate surface area is 179 Å². The minimum absolute atomic E-state index is 0.0212. The minimum Gasteiger partial charge on any atom is -0.487 e. The van der Waals surface area contributed by atoms with E-state index >= 15 is 0 Å². The number of anilines is 1. The molecule has 0 unspecified atom stereocenters. The monoisotopic (exact) mass is 479 g/mol. The van der Waals surface area contributed by atoms with Crippen molar-refractivity contribution in [3.63, 3.8) is 0 Å². The van der Waals surface area contributed by atoms with Crippen LogP contribution < -0.4 is 15.4 Å². The number of ether oxygens (including phenoxy) is 2. The summed E-state index contributed by atoms with van der Waals surface area (Å²) in [6, 6.07) is 10.5. The Morgan fingerprint density at radius 3 is 2.53 bits per heavy atom. The molecule has 11 heteroatoms. The van der Waals surface area contributed by atoms with Crippen molar-refractivity contribution in [1.82, 2.24) is 5.32 Å². The van der Waals surface area contributed by atoms with E-state index in [-0.39, 0.29) is 30.2 Å². The fraction of sp³-hybridized carbons (Fsp3) is 0.211. The number of rotatable bonds is 9. The normalized spacial score (nSPS) is 10.1. The number of esters is 1. The van der Waals surface area contributed by atoms with Crippen LogP contribution in [0, 0.1) is 10.1 Å². The summed E-state index contributed by atoms with van der Waals surface area (Å²) in [4.78, 5) is 46.2. The lowest BCUT2D eigenvalue weighted by molar-refractivity contribution is -0.385. The molecule has 0 radical (unpaired) electrons. The first-order valence-electron chi connectivity index (χ1n) is 8.71. The number of amides is 2. The maximum Gasteiger partial charge on any atom is 0.338 e. The van der Waals surface area contributed by atoms with E-state index in [0.29, 0.717) is 10.2 Å². The zero-order chi connectivity index (χ0) is 22.1. The molecule has 0 heterocycles. The highest BCUT2D eigenvalue weighted by Gasteiger charge is 2.20. The molecule has 2 amide bonds. The van der Waals surface area contributed by atoms with E-state index in [4.69, 9.17) is 9.47 Å². The second-order valence-corrected chi connectivity index (χ2v) is 6.61. The SMILES string of the molecule is CCOc1ccc(C(=O)OCC(=O)NCC(=O)Nc2ccccc2Br)cc1[N+](=O)[O-]. The first kappa shape index (κ1) is 22.8. The largest absolute Gasteiger partial charge is 0.487 e. The van der Waals surface area contributed by atoms with Crippen LogP contribution in [-0.4, -0.2) is 42.5 Å². The van der Waals surface area contributed by atoms with E-state index in [1.165, 1.54) is 12.1 Å². The average Bonchev–Trinajstić information content (AvgIpc) is 2.72. The number of benzene rings is 2. The van der Waals surface area contributed by atoms with E-state index in [9.17, 15) is 24.5 Å². The van der Waals surface area contributed by atoms with Crippen molar-refractivity contribution in [2.24, 2.45) is 0 Å². The van der Waals surface area contributed by atoms with E-state index in [1.807, 2.05) is 0 Å². The first-order chi connectivity index (χ1) is 14.3. The molecule has 0 fully saturated rings. The number of nitrogens with zero attached hydrogens (tertiary/aromatic N) is 1. The summed E-state index contributed by atoms with van der Waals surface area (Å²) in [7, 11) is 0. The predicted molar refractivity (Wildman–Crippen MR) is 110 cm³/mol. The zero-order valence-electron chi connectivity index (χ0n) is 15.8. The third kappa shape index (κ3) is 6.55. The molecule has 30 heavy (non-hydrogen) atoms. The number of halogens is 1. The van der Waals surface area contributed by atoms with Gasteiger partial charge in [-0.15, -0.1) is 0 Å². The quantitative estimate of drug-likeness (QED) is 0.320. The van der Waals surface area contributed by atoms with Crippen LogP contribution in [0.1, 0.15) is 17.3 Å². The van der Waals surface area contributed by atoms with Crippen LogP contribution in [0.15, 0.2) is 46.9 Å². The molecule has 2 aromatic rings. The van der Waals surface area contributed by atoms with Gasteiger partial charge in [-0.1, -0.05) is 12.1 Å². The number of nitro groups is 1. The summed E-state index contributed by atoms with van der Waals surface area (Å²) in [5.74, 6) is -2.07. The number of nitro benzene ring substituents is 1. The summed E-state index contributed by atoms with van der Waals surface area (Å²) in [6.07, 6.45) is 0. The third-order valence-electron chi connectivity index (χ3n) is 3.62. The van der Waals surface area contributed by atoms with Gasteiger partial charge in [-0.05, 0) is 47.1 Å². The molecule has 0 spiro atoms. The number of carbonyl (C=O) groups is 3. The molecule has 158 valence electrons. The molecule has 0 aliphatic rings. The number of carbonyl (C=O) groups excluding carboxylic acids is 3. The molecular formula is C19H18BrN3O7. The van der Waals surface area contributed by atoms with Crippen molar-refractivity contribution in [2.75, 3.05) is 25.1 Å². The summed E-state index contributed by atoms with van der Waals surface area (Å²) < 4.78 is 10.7. The number of hydrogen-bond donors (Lipinski definition) is 2. The van der Waals surface area contributed by atoms with Crippen LogP contribution in [0.5, 0.6) is 5.75 Å². The fourth-order valence-electron chi connectivity index (χ4n) is 2.27. The van der Waals surface area contributed by atoms with E-state index in [0.717, 1.165) is 6.07 Å². The zero-order valence-corrected chi connectivity index (χ0v) is 17.4. The van der Waals surface area contributed by atoms with Crippen LogP contribution in [0.25, 0.3) is 0 Å². The molecule has 0 aliphatic carbocycles. The van der Waals surface area contributed by atoms with Crippen molar-refractivity contribution in [2.45, 2.75) is 6.92 Å². The smallest absolute Gasteiger partial charge is 0.338 e. The molecule has 0 saturated carbocycles. The minimum atomic E-state index is -0.922. The third-order valence-corrected chi connectivity index (χ3v) is 4.31. The summed E-state index contributed by atoms with van der Waals surface area (Å²) in [6.45, 7) is 0.914. The van der Waals surface area contributed by atoms with Crippen molar-refractivity contribution in [1.29, 1.82) is 0 Å². The van der Waals surface area contributed by atoms with Crippen LogP contribution in [-0.2, 0) is 14.3 Å². The van der Waals surface area contributed by atoms with Crippen molar-refractivity contribution in [3.8, 4) is 5.75 Å².